The highest BCUT2D eigenvalue weighted by Gasteiger charge is 2.35. The van der Waals surface area contributed by atoms with E-state index in [1.54, 1.807) is 36.7 Å². The molecule has 0 N–H and O–H groups in total. The summed E-state index contributed by atoms with van der Waals surface area (Å²) in [7, 11) is 0. The molecule has 2 fully saturated rings. The molecule has 2 saturated heterocycles. The maximum absolute atomic E-state index is 13.6. The van der Waals surface area contributed by atoms with E-state index in [2.05, 4.69) is 19.8 Å². The first kappa shape index (κ1) is 21.1. The molecule has 0 spiro atoms. The van der Waals surface area contributed by atoms with Crippen LogP contribution in [0, 0.1) is 10.1 Å². The molecule has 9 heteroatoms. The van der Waals surface area contributed by atoms with Crippen LogP contribution in [0.15, 0.2) is 54.9 Å². The third-order valence-corrected chi connectivity index (χ3v) is 6.60. The number of nitro groups is 1. The summed E-state index contributed by atoms with van der Waals surface area (Å²) in [6.07, 6.45) is 6.23. The van der Waals surface area contributed by atoms with Crippen LogP contribution in [-0.4, -0.2) is 64.5 Å². The normalized spacial score (nSPS) is 19.0. The molecule has 2 aromatic carbocycles. The van der Waals surface area contributed by atoms with Crippen molar-refractivity contribution in [2.75, 3.05) is 42.5 Å². The van der Waals surface area contributed by atoms with Gasteiger partial charge in [0.25, 0.3) is 5.69 Å². The van der Waals surface area contributed by atoms with Crippen LogP contribution in [0.2, 0.25) is 0 Å². The van der Waals surface area contributed by atoms with Crippen LogP contribution in [-0.2, 0) is 4.79 Å². The molecule has 1 atom stereocenters. The fourth-order valence-electron chi connectivity index (χ4n) is 4.95. The Morgan fingerprint density at radius 1 is 0.909 bits per heavy atom. The zero-order valence-electron chi connectivity index (χ0n) is 18.3. The third kappa shape index (κ3) is 4.06. The van der Waals surface area contributed by atoms with E-state index in [-0.39, 0.29) is 22.6 Å². The second-order valence-electron chi connectivity index (χ2n) is 8.47. The van der Waals surface area contributed by atoms with E-state index in [9.17, 15) is 14.9 Å². The molecular weight excluding hydrogens is 420 g/mol. The molecule has 3 aromatic rings. The minimum Gasteiger partial charge on any atom is -0.359 e. The average Bonchev–Trinajstić information content (AvgIpc) is 2.88. The second-order valence-corrected chi connectivity index (χ2v) is 8.47. The number of carbonyl (C=O) groups excluding carboxylic acids is 1. The van der Waals surface area contributed by atoms with Gasteiger partial charge in [0, 0.05) is 62.3 Å². The van der Waals surface area contributed by atoms with Crippen molar-refractivity contribution in [1.29, 1.82) is 0 Å². The van der Waals surface area contributed by atoms with Gasteiger partial charge in [0.1, 0.15) is 6.04 Å². The summed E-state index contributed by atoms with van der Waals surface area (Å²) in [4.78, 5) is 39.6. The highest BCUT2D eigenvalue weighted by atomic mass is 16.6. The molecule has 0 saturated carbocycles. The van der Waals surface area contributed by atoms with Gasteiger partial charge in [0.2, 0.25) is 11.9 Å². The van der Waals surface area contributed by atoms with Gasteiger partial charge in [-0.2, -0.15) is 0 Å². The van der Waals surface area contributed by atoms with Gasteiger partial charge in [-0.3, -0.25) is 14.9 Å². The average molecular weight is 447 g/mol. The number of hydrogen-bond donors (Lipinski definition) is 0. The van der Waals surface area contributed by atoms with Crippen molar-refractivity contribution in [2.24, 2.45) is 0 Å². The molecule has 5 rings (SSSR count). The van der Waals surface area contributed by atoms with E-state index >= 15 is 0 Å². The van der Waals surface area contributed by atoms with Gasteiger partial charge in [-0.25, -0.2) is 9.97 Å². The summed E-state index contributed by atoms with van der Waals surface area (Å²) >= 11 is 0. The fraction of sp³-hybridized carbons (Fsp3) is 0.375. The Labute approximate surface area is 191 Å². The summed E-state index contributed by atoms with van der Waals surface area (Å²) in [5, 5.41) is 13.0. The predicted octanol–water partition coefficient (Wildman–Crippen LogP) is 3.25. The lowest BCUT2D eigenvalue weighted by Gasteiger charge is -2.42. The van der Waals surface area contributed by atoms with Gasteiger partial charge in [-0.15, -0.1) is 0 Å². The van der Waals surface area contributed by atoms with Crippen LogP contribution < -0.4 is 9.80 Å². The van der Waals surface area contributed by atoms with Crippen LogP contribution in [0.25, 0.3) is 10.8 Å². The Bertz CT molecular complexity index is 1160. The molecule has 1 aromatic heterocycles. The quantitative estimate of drug-likeness (QED) is 0.448. The largest absolute Gasteiger partial charge is 0.359 e. The number of piperazine rings is 1. The Morgan fingerprint density at radius 3 is 2.36 bits per heavy atom. The Kier molecular flexibility index (Phi) is 5.77. The summed E-state index contributed by atoms with van der Waals surface area (Å²) in [5.74, 6) is 0.826. The van der Waals surface area contributed by atoms with Gasteiger partial charge in [-0.05, 0) is 37.5 Å². The lowest BCUT2D eigenvalue weighted by molar-refractivity contribution is -0.383. The van der Waals surface area contributed by atoms with E-state index < -0.39 is 0 Å². The van der Waals surface area contributed by atoms with Crippen molar-refractivity contribution in [3.05, 3.63) is 65.0 Å². The number of amides is 1. The van der Waals surface area contributed by atoms with E-state index in [1.807, 2.05) is 23.1 Å². The molecule has 1 amide bonds. The Balaban J connectivity index is 1.38. The molecule has 2 aliphatic rings. The zero-order chi connectivity index (χ0) is 22.8. The van der Waals surface area contributed by atoms with Crippen LogP contribution in [0.1, 0.15) is 19.3 Å². The predicted molar refractivity (Wildman–Crippen MR) is 126 cm³/mol. The highest BCUT2D eigenvalue weighted by Crippen LogP contribution is 2.36. The number of nitrogens with zero attached hydrogens (tertiary/aromatic N) is 6. The smallest absolute Gasteiger partial charge is 0.277 e. The van der Waals surface area contributed by atoms with Crippen LogP contribution in [0.3, 0.4) is 0 Å². The summed E-state index contributed by atoms with van der Waals surface area (Å²) in [6, 6.07) is 12.3. The number of carbonyl (C=O) groups is 1. The van der Waals surface area contributed by atoms with Crippen LogP contribution >= 0.6 is 0 Å². The van der Waals surface area contributed by atoms with Crippen molar-refractivity contribution < 1.29 is 9.72 Å². The van der Waals surface area contributed by atoms with Crippen molar-refractivity contribution in [1.82, 2.24) is 14.9 Å². The molecule has 0 aliphatic carbocycles. The first-order valence-corrected chi connectivity index (χ1v) is 11.4. The standard InChI is InChI=1S/C24H26N6O3/c31-23(27-14-16-28(17-15-27)24-25-11-5-12-26-24)22-8-3-4-13-29(22)20-9-10-21(30(32)33)19-7-2-1-6-18(19)20/h1-2,5-7,9-12,22H,3-4,8,13-17H2/t22-/m0/s1. The lowest BCUT2D eigenvalue weighted by Crippen LogP contribution is -2.56. The SMILES string of the molecule is O=C([C@@H]1CCCCN1c1ccc([N+](=O)[O-])c2ccccc12)N1CCN(c2ncccn2)CC1. The number of aromatic nitrogens is 2. The molecule has 0 bridgehead atoms. The van der Waals surface area contributed by atoms with E-state index in [4.69, 9.17) is 0 Å². The van der Waals surface area contributed by atoms with Crippen LogP contribution in [0.4, 0.5) is 17.3 Å². The number of benzene rings is 2. The molecule has 0 unspecified atom stereocenters. The minimum atomic E-state index is -0.346. The molecule has 3 heterocycles. The first-order valence-electron chi connectivity index (χ1n) is 11.4. The van der Waals surface area contributed by atoms with Crippen molar-refractivity contribution in [2.45, 2.75) is 25.3 Å². The van der Waals surface area contributed by atoms with Gasteiger partial charge < -0.3 is 14.7 Å². The molecule has 33 heavy (non-hydrogen) atoms. The van der Waals surface area contributed by atoms with Gasteiger partial charge in [-0.1, -0.05) is 18.2 Å². The molecule has 9 nitrogen and oxygen atoms in total. The van der Waals surface area contributed by atoms with Crippen molar-refractivity contribution >= 4 is 34.0 Å². The van der Waals surface area contributed by atoms with Crippen molar-refractivity contribution in [3.63, 3.8) is 0 Å². The molecule has 170 valence electrons. The topological polar surface area (TPSA) is 95.7 Å². The number of fused-ring (bicyclic) bond motifs is 1. The first-order chi connectivity index (χ1) is 16.1. The Hall–Kier alpha value is -3.75. The van der Waals surface area contributed by atoms with Crippen molar-refractivity contribution in [3.8, 4) is 0 Å². The fourth-order valence-corrected chi connectivity index (χ4v) is 4.95. The van der Waals surface area contributed by atoms with E-state index in [1.165, 1.54) is 0 Å². The summed E-state index contributed by atoms with van der Waals surface area (Å²) in [5.41, 5.74) is 0.985. The van der Waals surface area contributed by atoms with E-state index in [0.29, 0.717) is 37.5 Å². The number of piperidine rings is 1. The van der Waals surface area contributed by atoms with E-state index in [0.717, 1.165) is 36.9 Å². The zero-order valence-corrected chi connectivity index (χ0v) is 18.3. The molecule has 2 aliphatic heterocycles. The maximum atomic E-state index is 13.6. The number of anilines is 2. The maximum Gasteiger partial charge on any atom is 0.277 e. The van der Waals surface area contributed by atoms with Gasteiger partial charge >= 0.3 is 0 Å². The Morgan fingerprint density at radius 2 is 1.64 bits per heavy atom. The third-order valence-electron chi connectivity index (χ3n) is 6.60. The molecule has 0 radical (unpaired) electrons. The number of non-ortho nitro benzene ring substituents is 1. The summed E-state index contributed by atoms with van der Waals surface area (Å²) in [6.45, 7) is 3.41. The number of hydrogen-bond acceptors (Lipinski definition) is 7. The van der Waals surface area contributed by atoms with Gasteiger partial charge in [0.15, 0.2) is 0 Å². The monoisotopic (exact) mass is 446 g/mol. The highest BCUT2D eigenvalue weighted by molar-refractivity contribution is 6.01. The van der Waals surface area contributed by atoms with Gasteiger partial charge in [0.05, 0.1) is 10.3 Å². The number of nitro benzene ring substituents is 1. The summed E-state index contributed by atoms with van der Waals surface area (Å²) < 4.78 is 0. The van der Waals surface area contributed by atoms with Crippen LogP contribution in [0.5, 0.6) is 0 Å². The second kappa shape index (κ2) is 9.01. The lowest BCUT2D eigenvalue weighted by atomic mass is 9.97. The number of rotatable bonds is 4. The molecular formula is C24H26N6O3. The minimum absolute atomic E-state index is 0.0912.